The number of benzene rings is 1. The topological polar surface area (TPSA) is 96.2 Å². The van der Waals surface area contributed by atoms with Crippen LogP contribution in [0.25, 0.3) is 0 Å². The van der Waals surface area contributed by atoms with Crippen LogP contribution < -0.4 is 10.6 Å². The number of anilines is 1. The SMILES string of the molecule is Cn1ccc(CNC(=O)Nc2ccccc2C(=O)O)n1. The number of nitrogens with one attached hydrogen (secondary N) is 2. The molecule has 0 spiro atoms. The normalized spacial score (nSPS) is 10.1. The molecule has 1 aromatic carbocycles. The molecule has 7 heteroatoms. The molecular formula is C13H14N4O3. The van der Waals surface area contributed by atoms with Crippen molar-refractivity contribution >= 4 is 17.7 Å². The molecule has 0 atom stereocenters. The van der Waals surface area contributed by atoms with Gasteiger partial charge in [-0.15, -0.1) is 0 Å². The van der Waals surface area contributed by atoms with Gasteiger partial charge in [0.2, 0.25) is 0 Å². The number of aromatic carboxylic acids is 1. The maximum Gasteiger partial charge on any atom is 0.337 e. The first-order chi connectivity index (χ1) is 9.56. The van der Waals surface area contributed by atoms with E-state index in [0.29, 0.717) is 5.69 Å². The molecule has 0 bridgehead atoms. The van der Waals surface area contributed by atoms with E-state index in [1.54, 1.807) is 36.1 Å². The van der Waals surface area contributed by atoms with Gasteiger partial charge in [-0.25, -0.2) is 9.59 Å². The first-order valence-corrected chi connectivity index (χ1v) is 5.92. The highest BCUT2D eigenvalue weighted by Gasteiger charge is 2.11. The van der Waals surface area contributed by atoms with Crippen molar-refractivity contribution in [2.45, 2.75) is 6.54 Å². The van der Waals surface area contributed by atoms with Crippen LogP contribution >= 0.6 is 0 Å². The van der Waals surface area contributed by atoms with Crippen LogP contribution in [-0.4, -0.2) is 26.9 Å². The van der Waals surface area contributed by atoms with E-state index >= 15 is 0 Å². The standard InChI is InChI=1S/C13H14N4O3/c1-17-7-6-9(16-17)8-14-13(20)15-11-5-3-2-4-10(11)12(18)19/h2-7H,8H2,1H3,(H,18,19)(H2,14,15,20). The number of carbonyl (C=O) groups is 2. The Balaban J connectivity index is 1.96. The minimum atomic E-state index is -1.09. The van der Waals surface area contributed by atoms with Gasteiger partial charge >= 0.3 is 12.0 Å². The molecule has 0 fully saturated rings. The molecule has 2 aromatic rings. The van der Waals surface area contributed by atoms with E-state index in [-0.39, 0.29) is 17.8 Å². The van der Waals surface area contributed by atoms with Gasteiger partial charge in [0, 0.05) is 13.2 Å². The Morgan fingerprint density at radius 2 is 2.05 bits per heavy atom. The maximum absolute atomic E-state index is 11.7. The molecule has 2 amide bonds. The van der Waals surface area contributed by atoms with Gasteiger partial charge in [0.1, 0.15) is 0 Å². The first kappa shape index (κ1) is 13.6. The van der Waals surface area contributed by atoms with Crippen LogP contribution in [0.4, 0.5) is 10.5 Å². The second kappa shape index (κ2) is 5.87. The number of amides is 2. The van der Waals surface area contributed by atoms with E-state index in [4.69, 9.17) is 5.11 Å². The van der Waals surface area contributed by atoms with Crippen LogP contribution in [0.3, 0.4) is 0 Å². The lowest BCUT2D eigenvalue weighted by Gasteiger charge is -2.08. The second-order valence-electron chi connectivity index (χ2n) is 4.14. The fraction of sp³-hybridized carbons (Fsp3) is 0.154. The highest BCUT2D eigenvalue weighted by molar-refractivity contribution is 5.99. The Kier molecular flexibility index (Phi) is 3.99. The molecule has 104 valence electrons. The number of para-hydroxylation sites is 1. The van der Waals surface area contributed by atoms with Crippen molar-refractivity contribution in [1.82, 2.24) is 15.1 Å². The number of nitrogens with zero attached hydrogens (tertiary/aromatic N) is 2. The highest BCUT2D eigenvalue weighted by atomic mass is 16.4. The molecule has 0 aliphatic heterocycles. The molecule has 3 N–H and O–H groups in total. The number of hydrogen-bond acceptors (Lipinski definition) is 3. The predicted molar refractivity (Wildman–Crippen MR) is 72.5 cm³/mol. The highest BCUT2D eigenvalue weighted by Crippen LogP contribution is 2.14. The van der Waals surface area contributed by atoms with E-state index < -0.39 is 12.0 Å². The molecule has 1 heterocycles. The molecule has 1 aromatic heterocycles. The fourth-order valence-corrected chi connectivity index (χ4v) is 1.67. The summed E-state index contributed by atoms with van der Waals surface area (Å²) in [5, 5.41) is 18.2. The smallest absolute Gasteiger partial charge is 0.337 e. The molecule has 20 heavy (non-hydrogen) atoms. The van der Waals surface area contributed by atoms with Crippen LogP contribution in [0.5, 0.6) is 0 Å². The molecule has 0 aliphatic rings. The Bertz CT molecular complexity index is 636. The Morgan fingerprint density at radius 1 is 1.30 bits per heavy atom. The monoisotopic (exact) mass is 274 g/mol. The van der Waals surface area contributed by atoms with Gasteiger partial charge in [0.05, 0.1) is 23.5 Å². The zero-order valence-corrected chi connectivity index (χ0v) is 10.8. The largest absolute Gasteiger partial charge is 0.478 e. The van der Waals surface area contributed by atoms with E-state index in [1.807, 2.05) is 0 Å². The summed E-state index contributed by atoms with van der Waals surface area (Å²) in [6, 6.07) is 7.51. The number of carboxylic acid groups (broad SMARTS) is 1. The lowest BCUT2D eigenvalue weighted by atomic mass is 10.2. The summed E-state index contributed by atoms with van der Waals surface area (Å²) in [6.45, 7) is 0.266. The summed E-state index contributed by atoms with van der Waals surface area (Å²) in [5.74, 6) is -1.09. The second-order valence-corrected chi connectivity index (χ2v) is 4.14. The van der Waals surface area contributed by atoms with Crippen LogP contribution in [0, 0.1) is 0 Å². The lowest BCUT2D eigenvalue weighted by molar-refractivity contribution is 0.0698. The van der Waals surface area contributed by atoms with Gasteiger partial charge in [0.15, 0.2) is 0 Å². The molecule has 0 saturated carbocycles. The van der Waals surface area contributed by atoms with E-state index in [1.165, 1.54) is 12.1 Å². The minimum absolute atomic E-state index is 0.0421. The number of aryl methyl sites for hydroxylation is 1. The van der Waals surface area contributed by atoms with Crippen molar-refractivity contribution in [3.63, 3.8) is 0 Å². The lowest BCUT2D eigenvalue weighted by Crippen LogP contribution is -2.29. The average Bonchev–Trinajstić information content (AvgIpc) is 2.83. The van der Waals surface area contributed by atoms with Crippen LogP contribution in [0.15, 0.2) is 36.5 Å². The summed E-state index contributed by atoms with van der Waals surface area (Å²) in [5.41, 5.74) is 1.01. The molecule has 0 unspecified atom stereocenters. The van der Waals surface area contributed by atoms with Gasteiger partial charge in [-0.3, -0.25) is 4.68 Å². The maximum atomic E-state index is 11.7. The Labute approximate surface area is 115 Å². The van der Waals surface area contributed by atoms with Crippen molar-refractivity contribution in [3.05, 3.63) is 47.8 Å². The van der Waals surface area contributed by atoms with Crippen molar-refractivity contribution in [2.24, 2.45) is 7.05 Å². The quantitative estimate of drug-likeness (QED) is 0.786. The minimum Gasteiger partial charge on any atom is -0.478 e. The average molecular weight is 274 g/mol. The fourth-order valence-electron chi connectivity index (χ4n) is 1.67. The molecule has 0 saturated heterocycles. The van der Waals surface area contributed by atoms with E-state index in [0.717, 1.165) is 0 Å². The number of rotatable bonds is 4. The predicted octanol–water partition coefficient (Wildman–Crippen LogP) is 1.44. The number of aromatic nitrogens is 2. The molecule has 0 radical (unpaired) electrons. The van der Waals surface area contributed by atoms with Gasteiger partial charge < -0.3 is 15.7 Å². The van der Waals surface area contributed by atoms with E-state index in [2.05, 4.69) is 15.7 Å². The van der Waals surface area contributed by atoms with Crippen molar-refractivity contribution in [2.75, 3.05) is 5.32 Å². The number of urea groups is 1. The number of carboxylic acids is 1. The molecule has 7 nitrogen and oxygen atoms in total. The summed E-state index contributed by atoms with van der Waals surface area (Å²) in [6.07, 6.45) is 1.77. The van der Waals surface area contributed by atoms with Crippen LogP contribution in [-0.2, 0) is 13.6 Å². The summed E-state index contributed by atoms with van der Waals surface area (Å²) in [7, 11) is 1.78. The van der Waals surface area contributed by atoms with Gasteiger partial charge in [0.25, 0.3) is 0 Å². The zero-order chi connectivity index (χ0) is 14.5. The summed E-state index contributed by atoms with van der Waals surface area (Å²) >= 11 is 0. The van der Waals surface area contributed by atoms with Crippen molar-refractivity contribution < 1.29 is 14.7 Å². The molecule has 0 aliphatic carbocycles. The third-order valence-corrected chi connectivity index (χ3v) is 2.60. The van der Waals surface area contributed by atoms with Gasteiger partial charge in [-0.1, -0.05) is 12.1 Å². The molecule has 2 rings (SSSR count). The van der Waals surface area contributed by atoms with E-state index in [9.17, 15) is 9.59 Å². The molecular weight excluding hydrogens is 260 g/mol. The van der Waals surface area contributed by atoms with Crippen LogP contribution in [0.2, 0.25) is 0 Å². The third kappa shape index (κ3) is 3.35. The van der Waals surface area contributed by atoms with Crippen molar-refractivity contribution in [1.29, 1.82) is 0 Å². The summed E-state index contributed by atoms with van der Waals surface area (Å²) < 4.78 is 1.63. The van der Waals surface area contributed by atoms with Gasteiger partial charge in [-0.05, 0) is 18.2 Å². The zero-order valence-electron chi connectivity index (χ0n) is 10.8. The van der Waals surface area contributed by atoms with Crippen molar-refractivity contribution in [3.8, 4) is 0 Å². The Hall–Kier alpha value is -2.83. The van der Waals surface area contributed by atoms with Crippen LogP contribution in [0.1, 0.15) is 16.1 Å². The Morgan fingerprint density at radius 3 is 2.70 bits per heavy atom. The third-order valence-electron chi connectivity index (χ3n) is 2.60. The number of carbonyl (C=O) groups excluding carboxylic acids is 1. The summed E-state index contributed by atoms with van der Waals surface area (Å²) in [4.78, 5) is 22.7. The number of hydrogen-bond donors (Lipinski definition) is 3. The first-order valence-electron chi connectivity index (χ1n) is 5.92. The van der Waals surface area contributed by atoms with Gasteiger partial charge in [-0.2, -0.15) is 5.10 Å².